The van der Waals surface area contributed by atoms with E-state index in [1.165, 1.54) is 11.1 Å². The van der Waals surface area contributed by atoms with Gasteiger partial charge in [-0.25, -0.2) is 0 Å². The molecule has 0 unspecified atom stereocenters. The summed E-state index contributed by atoms with van der Waals surface area (Å²) in [5.74, 6) is 0.396. The van der Waals surface area contributed by atoms with E-state index >= 15 is 0 Å². The molecular weight excluding hydrogens is 362 g/mol. The summed E-state index contributed by atoms with van der Waals surface area (Å²) in [4.78, 5) is 12.8. The lowest BCUT2D eigenvalue weighted by Gasteiger charge is -2.30. The molecule has 0 saturated heterocycles. The maximum absolute atomic E-state index is 12.8. The molecular formula is C21H22BrNO. The topological polar surface area (TPSA) is 29.1 Å². The van der Waals surface area contributed by atoms with E-state index in [1.807, 2.05) is 30.3 Å². The van der Waals surface area contributed by atoms with Gasteiger partial charge in [0.25, 0.3) is 0 Å². The van der Waals surface area contributed by atoms with Crippen LogP contribution in [-0.4, -0.2) is 5.91 Å². The third kappa shape index (κ3) is 4.15. The Morgan fingerprint density at radius 3 is 2.54 bits per heavy atom. The lowest BCUT2D eigenvalue weighted by Crippen LogP contribution is -2.35. The minimum Gasteiger partial charge on any atom is -0.352 e. The van der Waals surface area contributed by atoms with Crippen molar-refractivity contribution < 1.29 is 4.79 Å². The van der Waals surface area contributed by atoms with Gasteiger partial charge in [0.1, 0.15) is 0 Å². The Morgan fingerprint density at radius 2 is 1.83 bits per heavy atom. The molecule has 0 aromatic heterocycles. The van der Waals surface area contributed by atoms with E-state index in [2.05, 4.69) is 58.5 Å². The Bertz CT molecular complexity index is 721. The van der Waals surface area contributed by atoms with Crippen molar-refractivity contribution in [1.82, 2.24) is 5.32 Å². The lowest BCUT2D eigenvalue weighted by molar-refractivity contribution is -0.126. The molecule has 0 fully saturated rings. The van der Waals surface area contributed by atoms with Crippen molar-refractivity contribution in [2.24, 2.45) is 5.92 Å². The van der Waals surface area contributed by atoms with E-state index in [4.69, 9.17) is 0 Å². The van der Waals surface area contributed by atoms with E-state index in [1.54, 1.807) is 0 Å². The Kier molecular flexibility index (Phi) is 5.52. The number of halogens is 1. The van der Waals surface area contributed by atoms with Crippen LogP contribution < -0.4 is 5.32 Å². The molecule has 3 heteroatoms. The van der Waals surface area contributed by atoms with Crippen LogP contribution in [0, 0.1) is 5.92 Å². The predicted molar refractivity (Wildman–Crippen MR) is 102 cm³/mol. The van der Waals surface area contributed by atoms with Crippen molar-refractivity contribution in [2.45, 2.75) is 32.2 Å². The summed E-state index contributed by atoms with van der Waals surface area (Å²) in [6.45, 7) is 2.75. The predicted octanol–water partition coefficient (Wildman–Crippen LogP) is 5.21. The third-order valence-electron chi connectivity index (χ3n) is 4.69. The monoisotopic (exact) mass is 383 g/mol. The molecule has 0 bridgehead atoms. The fraction of sp³-hybridized carbons (Fsp3) is 0.286. The van der Waals surface area contributed by atoms with E-state index in [0.717, 1.165) is 22.9 Å². The number of benzene rings is 2. The highest BCUT2D eigenvalue weighted by Crippen LogP contribution is 2.38. The van der Waals surface area contributed by atoms with Gasteiger partial charge in [0.15, 0.2) is 0 Å². The molecule has 24 heavy (non-hydrogen) atoms. The lowest BCUT2D eigenvalue weighted by atomic mass is 9.75. The summed E-state index contributed by atoms with van der Waals surface area (Å²) < 4.78 is 1.07. The van der Waals surface area contributed by atoms with Crippen LogP contribution in [0.25, 0.3) is 0 Å². The van der Waals surface area contributed by atoms with E-state index in [-0.39, 0.29) is 17.7 Å². The van der Waals surface area contributed by atoms with Gasteiger partial charge in [-0.05, 0) is 48.9 Å². The first-order chi connectivity index (χ1) is 11.6. The quantitative estimate of drug-likeness (QED) is 0.721. The summed E-state index contributed by atoms with van der Waals surface area (Å²) in [6, 6.07) is 18.4. The zero-order valence-corrected chi connectivity index (χ0v) is 15.4. The molecule has 0 spiro atoms. The molecule has 2 atom stereocenters. The van der Waals surface area contributed by atoms with Crippen molar-refractivity contribution in [3.63, 3.8) is 0 Å². The van der Waals surface area contributed by atoms with Gasteiger partial charge in [-0.2, -0.15) is 0 Å². The third-order valence-corrected chi connectivity index (χ3v) is 5.22. The molecule has 1 amide bonds. The van der Waals surface area contributed by atoms with Crippen molar-refractivity contribution in [3.8, 4) is 0 Å². The minimum absolute atomic E-state index is 0.00131. The Morgan fingerprint density at radius 1 is 1.12 bits per heavy atom. The molecule has 0 heterocycles. The van der Waals surface area contributed by atoms with Gasteiger partial charge in [-0.15, -0.1) is 0 Å². The molecule has 1 aliphatic rings. The second-order valence-electron chi connectivity index (χ2n) is 6.46. The highest BCUT2D eigenvalue weighted by molar-refractivity contribution is 9.10. The van der Waals surface area contributed by atoms with Crippen LogP contribution in [0.15, 0.2) is 70.7 Å². The van der Waals surface area contributed by atoms with Gasteiger partial charge in [-0.1, -0.05) is 70.0 Å². The van der Waals surface area contributed by atoms with Gasteiger partial charge in [0.2, 0.25) is 5.91 Å². The standard InChI is InChI=1S/C21H22BrNO/c1-15-7-12-19(20(13-15)17-8-10-18(22)11-9-17)21(24)23-14-16-5-3-2-4-6-16/h2-11,19-20H,12-14H2,1H3,(H,23,24)/t19-,20-/m1/s1. The van der Waals surface area contributed by atoms with Crippen LogP contribution >= 0.6 is 15.9 Å². The van der Waals surface area contributed by atoms with Crippen molar-refractivity contribution in [1.29, 1.82) is 0 Å². The largest absolute Gasteiger partial charge is 0.352 e. The van der Waals surface area contributed by atoms with Crippen molar-refractivity contribution in [3.05, 3.63) is 81.8 Å². The number of amides is 1. The molecule has 2 nitrogen and oxygen atoms in total. The number of hydrogen-bond acceptors (Lipinski definition) is 1. The SMILES string of the molecule is CC1=CC[C@@H](C(=O)NCc2ccccc2)[C@@H](c2ccc(Br)cc2)C1. The maximum Gasteiger partial charge on any atom is 0.224 e. The Labute approximate surface area is 152 Å². The second-order valence-corrected chi connectivity index (χ2v) is 7.37. The van der Waals surface area contributed by atoms with Crippen LogP contribution in [0.5, 0.6) is 0 Å². The number of allylic oxidation sites excluding steroid dienone is 2. The fourth-order valence-corrected chi connectivity index (χ4v) is 3.60. The molecule has 2 aromatic rings. The molecule has 1 aliphatic carbocycles. The molecule has 0 radical (unpaired) electrons. The first-order valence-corrected chi connectivity index (χ1v) is 9.15. The molecule has 3 rings (SSSR count). The molecule has 124 valence electrons. The molecule has 0 aliphatic heterocycles. The summed E-state index contributed by atoms with van der Waals surface area (Å²) in [6.07, 6.45) is 3.97. The van der Waals surface area contributed by atoms with Crippen LogP contribution in [0.4, 0.5) is 0 Å². The minimum atomic E-state index is -0.00131. The maximum atomic E-state index is 12.8. The number of rotatable bonds is 4. The average molecular weight is 384 g/mol. The number of hydrogen-bond donors (Lipinski definition) is 1. The second kappa shape index (κ2) is 7.80. The van der Waals surface area contributed by atoms with E-state index in [9.17, 15) is 4.79 Å². The molecule has 0 saturated carbocycles. The first-order valence-electron chi connectivity index (χ1n) is 8.36. The van der Waals surface area contributed by atoms with Gasteiger partial charge < -0.3 is 5.32 Å². The Hall–Kier alpha value is -1.87. The zero-order chi connectivity index (χ0) is 16.9. The zero-order valence-electron chi connectivity index (χ0n) is 13.8. The van der Waals surface area contributed by atoms with E-state index in [0.29, 0.717) is 6.54 Å². The number of carbonyl (C=O) groups is 1. The first kappa shape index (κ1) is 17.0. The molecule has 1 N–H and O–H groups in total. The summed E-state index contributed by atoms with van der Waals surface area (Å²) in [5.41, 5.74) is 3.74. The van der Waals surface area contributed by atoms with Crippen molar-refractivity contribution in [2.75, 3.05) is 0 Å². The van der Waals surface area contributed by atoms with Gasteiger partial charge in [-0.3, -0.25) is 4.79 Å². The summed E-state index contributed by atoms with van der Waals surface area (Å²) >= 11 is 3.49. The van der Waals surface area contributed by atoms with Gasteiger partial charge >= 0.3 is 0 Å². The smallest absolute Gasteiger partial charge is 0.224 e. The van der Waals surface area contributed by atoms with Gasteiger partial charge in [0, 0.05) is 16.9 Å². The van der Waals surface area contributed by atoms with Crippen LogP contribution in [0.3, 0.4) is 0 Å². The van der Waals surface area contributed by atoms with Crippen LogP contribution in [0.2, 0.25) is 0 Å². The van der Waals surface area contributed by atoms with Crippen molar-refractivity contribution >= 4 is 21.8 Å². The van der Waals surface area contributed by atoms with E-state index < -0.39 is 0 Å². The Balaban J connectivity index is 1.73. The normalized spacial score (nSPS) is 20.3. The van der Waals surface area contributed by atoms with Crippen LogP contribution in [0.1, 0.15) is 36.8 Å². The van der Waals surface area contributed by atoms with Crippen LogP contribution in [-0.2, 0) is 11.3 Å². The molecule has 2 aromatic carbocycles. The number of carbonyl (C=O) groups excluding carboxylic acids is 1. The highest BCUT2D eigenvalue weighted by Gasteiger charge is 2.31. The summed E-state index contributed by atoms with van der Waals surface area (Å²) in [7, 11) is 0. The fourth-order valence-electron chi connectivity index (χ4n) is 3.33. The average Bonchev–Trinajstić information content (AvgIpc) is 2.61. The summed E-state index contributed by atoms with van der Waals surface area (Å²) in [5, 5.41) is 3.12. The van der Waals surface area contributed by atoms with Gasteiger partial charge in [0.05, 0.1) is 0 Å². The highest BCUT2D eigenvalue weighted by atomic mass is 79.9. The number of nitrogens with one attached hydrogen (secondary N) is 1.